The Morgan fingerprint density at radius 2 is 1.84 bits per heavy atom. The Bertz CT molecular complexity index is 325. The van der Waals surface area contributed by atoms with Crippen LogP contribution in [0.25, 0.3) is 0 Å². The van der Waals surface area contributed by atoms with E-state index in [1.165, 1.54) is 12.8 Å². The Kier molecular flexibility index (Phi) is 7.90. The lowest BCUT2D eigenvalue weighted by molar-refractivity contribution is 0.268. The summed E-state index contributed by atoms with van der Waals surface area (Å²) in [5.74, 6) is 0.612. The largest absolute Gasteiger partial charge is 0.319 e. The second kappa shape index (κ2) is 8.89. The van der Waals surface area contributed by atoms with Gasteiger partial charge in [-0.05, 0) is 38.8 Å². The van der Waals surface area contributed by atoms with Crippen LogP contribution in [0.15, 0.2) is 0 Å². The van der Waals surface area contributed by atoms with Crippen molar-refractivity contribution in [1.82, 2.24) is 14.3 Å². The summed E-state index contributed by atoms with van der Waals surface area (Å²) >= 11 is 0. The fraction of sp³-hybridized carbons (Fsp3) is 1.00. The molecule has 1 aliphatic heterocycles. The molecule has 0 aliphatic carbocycles. The van der Waals surface area contributed by atoms with Gasteiger partial charge in [0.1, 0.15) is 0 Å². The van der Waals surface area contributed by atoms with E-state index in [-0.39, 0.29) is 0 Å². The molecule has 0 atom stereocenters. The number of hydrogen-bond donors (Lipinski definition) is 2. The highest BCUT2D eigenvalue weighted by atomic mass is 32.2. The lowest BCUT2D eigenvalue weighted by atomic mass is 9.98. The zero-order valence-electron chi connectivity index (χ0n) is 12.3. The smallest absolute Gasteiger partial charge is 0.279 e. The fourth-order valence-electron chi connectivity index (χ4n) is 2.49. The van der Waals surface area contributed by atoms with E-state index in [1.54, 1.807) is 4.31 Å². The van der Waals surface area contributed by atoms with Crippen molar-refractivity contribution in [1.29, 1.82) is 0 Å². The van der Waals surface area contributed by atoms with E-state index in [1.807, 2.05) is 7.05 Å². The Morgan fingerprint density at radius 1 is 1.16 bits per heavy atom. The lowest BCUT2D eigenvalue weighted by Gasteiger charge is -2.31. The Balaban J connectivity index is 2.26. The van der Waals surface area contributed by atoms with E-state index in [4.69, 9.17) is 0 Å². The van der Waals surface area contributed by atoms with Crippen molar-refractivity contribution < 1.29 is 8.42 Å². The van der Waals surface area contributed by atoms with Gasteiger partial charge in [0.05, 0.1) is 0 Å². The van der Waals surface area contributed by atoms with Gasteiger partial charge in [-0.25, -0.2) is 4.72 Å². The molecule has 1 aliphatic rings. The van der Waals surface area contributed by atoms with Crippen molar-refractivity contribution in [3.8, 4) is 0 Å². The first-order valence-corrected chi connectivity index (χ1v) is 8.93. The summed E-state index contributed by atoms with van der Waals surface area (Å²) in [6, 6.07) is 0. The Labute approximate surface area is 118 Å². The molecule has 1 saturated heterocycles. The van der Waals surface area contributed by atoms with E-state index in [0.717, 1.165) is 32.2 Å². The van der Waals surface area contributed by atoms with E-state index >= 15 is 0 Å². The van der Waals surface area contributed by atoms with Crippen LogP contribution in [-0.4, -0.2) is 45.9 Å². The summed E-state index contributed by atoms with van der Waals surface area (Å²) in [5, 5.41) is 3.16. The molecule has 0 radical (unpaired) electrons. The van der Waals surface area contributed by atoms with Crippen LogP contribution >= 0.6 is 0 Å². The summed E-state index contributed by atoms with van der Waals surface area (Å²) in [4.78, 5) is 0. The maximum absolute atomic E-state index is 12.1. The molecule has 114 valence electrons. The summed E-state index contributed by atoms with van der Waals surface area (Å²) in [7, 11) is -1.30. The normalized spacial score (nSPS) is 18.8. The van der Waals surface area contributed by atoms with Gasteiger partial charge in [-0.15, -0.1) is 0 Å². The number of hydrogen-bond acceptors (Lipinski definition) is 3. The minimum atomic E-state index is -3.25. The molecule has 1 heterocycles. The first kappa shape index (κ1) is 16.9. The highest BCUT2D eigenvalue weighted by Crippen LogP contribution is 2.18. The quantitative estimate of drug-likeness (QED) is 0.630. The second-order valence-corrected chi connectivity index (χ2v) is 7.12. The van der Waals surface area contributed by atoms with Crippen molar-refractivity contribution >= 4 is 10.2 Å². The Morgan fingerprint density at radius 3 is 2.42 bits per heavy atom. The van der Waals surface area contributed by atoms with Crippen LogP contribution in [0, 0.1) is 5.92 Å². The van der Waals surface area contributed by atoms with Crippen LogP contribution in [0.5, 0.6) is 0 Å². The number of nitrogens with zero attached hydrogens (tertiary/aromatic N) is 1. The van der Waals surface area contributed by atoms with Gasteiger partial charge in [-0.2, -0.15) is 12.7 Å². The van der Waals surface area contributed by atoms with Crippen LogP contribution in [0.3, 0.4) is 0 Å². The van der Waals surface area contributed by atoms with Crippen molar-refractivity contribution in [3.05, 3.63) is 0 Å². The molecular formula is C13H29N3O2S. The summed E-state index contributed by atoms with van der Waals surface area (Å²) in [6.45, 7) is 5.00. The van der Waals surface area contributed by atoms with E-state index in [2.05, 4.69) is 17.0 Å². The van der Waals surface area contributed by atoms with E-state index < -0.39 is 10.2 Å². The van der Waals surface area contributed by atoms with Crippen molar-refractivity contribution in [2.45, 2.75) is 45.4 Å². The standard InChI is InChI=1S/C13H29N3O2S/c1-3-4-5-6-9-15-19(17,18)16-10-7-13(8-11-16)12-14-2/h13-15H,3-12H2,1-2H3. The molecule has 0 aromatic carbocycles. The van der Waals surface area contributed by atoms with Crippen LogP contribution in [0.2, 0.25) is 0 Å². The third kappa shape index (κ3) is 6.21. The third-order valence-corrected chi connectivity index (χ3v) is 5.33. The molecule has 5 nitrogen and oxygen atoms in total. The topological polar surface area (TPSA) is 61.4 Å². The van der Waals surface area contributed by atoms with Crippen LogP contribution in [0.1, 0.15) is 45.4 Å². The second-order valence-electron chi connectivity index (χ2n) is 5.36. The number of piperidine rings is 1. The van der Waals surface area contributed by atoms with Crippen LogP contribution in [0.4, 0.5) is 0 Å². The molecular weight excluding hydrogens is 262 g/mol. The van der Waals surface area contributed by atoms with Gasteiger partial charge in [0, 0.05) is 19.6 Å². The molecule has 0 amide bonds. The molecule has 0 aromatic rings. The van der Waals surface area contributed by atoms with Gasteiger partial charge in [0.2, 0.25) is 0 Å². The lowest BCUT2D eigenvalue weighted by Crippen LogP contribution is -2.46. The monoisotopic (exact) mass is 291 g/mol. The fourth-order valence-corrected chi connectivity index (χ4v) is 3.76. The Hall–Kier alpha value is -0.170. The molecule has 0 aromatic heterocycles. The predicted octanol–water partition coefficient (Wildman–Crippen LogP) is 1.33. The summed E-state index contributed by atoms with van der Waals surface area (Å²) in [6.07, 6.45) is 6.30. The average Bonchev–Trinajstić information content (AvgIpc) is 2.39. The number of nitrogens with one attached hydrogen (secondary N) is 2. The molecule has 6 heteroatoms. The minimum absolute atomic E-state index is 0.568. The molecule has 1 rings (SSSR count). The van der Waals surface area contributed by atoms with E-state index in [0.29, 0.717) is 25.6 Å². The van der Waals surface area contributed by atoms with Gasteiger partial charge in [0.15, 0.2) is 0 Å². The average molecular weight is 291 g/mol. The first-order chi connectivity index (χ1) is 9.10. The maximum atomic E-state index is 12.1. The van der Waals surface area contributed by atoms with Crippen LogP contribution in [-0.2, 0) is 10.2 Å². The van der Waals surface area contributed by atoms with Crippen molar-refractivity contribution in [2.75, 3.05) is 33.2 Å². The summed E-state index contributed by atoms with van der Waals surface area (Å²) in [5.41, 5.74) is 0. The molecule has 0 spiro atoms. The van der Waals surface area contributed by atoms with Gasteiger partial charge in [-0.3, -0.25) is 0 Å². The van der Waals surface area contributed by atoms with E-state index in [9.17, 15) is 8.42 Å². The zero-order valence-corrected chi connectivity index (χ0v) is 13.1. The highest BCUT2D eigenvalue weighted by Gasteiger charge is 2.26. The maximum Gasteiger partial charge on any atom is 0.279 e. The first-order valence-electron chi connectivity index (χ1n) is 7.49. The molecule has 1 fully saturated rings. The SMILES string of the molecule is CCCCCCNS(=O)(=O)N1CCC(CNC)CC1. The minimum Gasteiger partial charge on any atom is -0.319 e. The number of unbranched alkanes of at least 4 members (excludes halogenated alkanes) is 3. The third-order valence-electron chi connectivity index (χ3n) is 3.72. The summed E-state index contributed by atoms with van der Waals surface area (Å²) < 4.78 is 28.5. The number of rotatable bonds is 9. The van der Waals surface area contributed by atoms with Gasteiger partial charge in [-0.1, -0.05) is 26.2 Å². The van der Waals surface area contributed by atoms with Gasteiger partial charge >= 0.3 is 0 Å². The molecule has 0 bridgehead atoms. The zero-order chi connectivity index (χ0) is 14.1. The highest BCUT2D eigenvalue weighted by molar-refractivity contribution is 7.87. The van der Waals surface area contributed by atoms with Crippen LogP contribution < -0.4 is 10.0 Å². The van der Waals surface area contributed by atoms with Crippen molar-refractivity contribution in [3.63, 3.8) is 0 Å². The predicted molar refractivity (Wildman–Crippen MR) is 79.3 cm³/mol. The van der Waals surface area contributed by atoms with Gasteiger partial charge < -0.3 is 5.32 Å². The molecule has 0 unspecified atom stereocenters. The molecule has 2 N–H and O–H groups in total. The van der Waals surface area contributed by atoms with Gasteiger partial charge in [0.25, 0.3) is 10.2 Å². The molecule has 19 heavy (non-hydrogen) atoms. The molecule has 0 saturated carbocycles. The van der Waals surface area contributed by atoms with Crippen molar-refractivity contribution in [2.24, 2.45) is 5.92 Å².